The van der Waals surface area contributed by atoms with Crippen molar-refractivity contribution < 1.29 is 19.2 Å². The predicted molar refractivity (Wildman–Crippen MR) is 201 cm³/mol. The molecule has 2 heterocycles. The van der Waals surface area contributed by atoms with Crippen molar-refractivity contribution in [2.24, 2.45) is 17.3 Å². The lowest BCUT2D eigenvalue weighted by Crippen LogP contribution is -2.59. The van der Waals surface area contributed by atoms with Crippen molar-refractivity contribution in [1.29, 1.82) is 5.26 Å². The first-order valence-corrected chi connectivity index (χ1v) is 18.9. The quantitative estimate of drug-likeness (QED) is 0.127. The zero-order valence-corrected chi connectivity index (χ0v) is 32.3. The van der Waals surface area contributed by atoms with Gasteiger partial charge in [-0.05, 0) is 43.3 Å². The molecule has 0 fully saturated rings. The molecule has 0 N–H and O–H groups in total. The molecule has 9 nitrogen and oxygen atoms in total. The summed E-state index contributed by atoms with van der Waals surface area (Å²) in [6.45, 7) is 18.2. The van der Waals surface area contributed by atoms with Gasteiger partial charge in [0, 0.05) is 36.6 Å². The van der Waals surface area contributed by atoms with E-state index in [-0.39, 0.29) is 16.7 Å². The van der Waals surface area contributed by atoms with E-state index in [0.717, 1.165) is 69.2 Å². The second kappa shape index (κ2) is 18.2. The van der Waals surface area contributed by atoms with Crippen LogP contribution in [0, 0.1) is 28.6 Å². The smallest absolute Gasteiger partial charge is 0.291 e. The van der Waals surface area contributed by atoms with Crippen LogP contribution in [0.1, 0.15) is 119 Å². The van der Waals surface area contributed by atoms with Gasteiger partial charge < -0.3 is 4.90 Å². The minimum absolute atomic E-state index is 0.0526. The summed E-state index contributed by atoms with van der Waals surface area (Å²) in [4.78, 5) is 62.5. The number of unbranched alkanes of at least 4 members (excludes halogenated alkanes) is 2. The Morgan fingerprint density at radius 2 is 1.52 bits per heavy atom. The fraction of sp³-hybridized carbons (Fsp3) is 0.550. The van der Waals surface area contributed by atoms with E-state index in [9.17, 15) is 24.4 Å². The highest BCUT2D eigenvalue weighted by molar-refractivity contribution is 7.17. The third-order valence-corrected chi connectivity index (χ3v) is 10.4. The minimum Gasteiger partial charge on any atom is -0.348 e. The van der Waals surface area contributed by atoms with Crippen LogP contribution in [0.25, 0.3) is 17.3 Å². The molecule has 0 saturated heterocycles. The Labute approximate surface area is 303 Å². The number of hydrazine groups is 1. The summed E-state index contributed by atoms with van der Waals surface area (Å²) in [5, 5.41) is 12.0. The van der Waals surface area contributed by atoms with Crippen LogP contribution in [-0.2, 0) is 19.2 Å². The van der Waals surface area contributed by atoms with Gasteiger partial charge in [-0.2, -0.15) is 15.3 Å². The Balaban J connectivity index is 2.27. The molecular formula is C40H55N5O4S. The van der Waals surface area contributed by atoms with Crippen molar-refractivity contribution in [2.75, 3.05) is 18.0 Å². The molecule has 4 amide bonds. The Morgan fingerprint density at radius 3 is 1.98 bits per heavy atom. The number of thiazole rings is 1. The van der Waals surface area contributed by atoms with E-state index in [0.29, 0.717) is 32.4 Å². The van der Waals surface area contributed by atoms with Crippen LogP contribution in [-0.4, -0.2) is 51.7 Å². The topological polar surface area (TPSA) is 115 Å². The highest BCUT2D eigenvalue weighted by Crippen LogP contribution is 2.39. The molecule has 2 atom stereocenters. The number of nitriles is 1. The van der Waals surface area contributed by atoms with Gasteiger partial charge in [-0.25, -0.2) is 4.98 Å². The van der Waals surface area contributed by atoms with Crippen LogP contribution in [0.2, 0.25) is 0 Å². The lowest BCUT2D eigenvalue weighted by molar-refractivity contribution is -0.180. The largest absolute Gasteiger partial charge is 0.348 e. The zero-order valence-electron chi connectivity index (χ0n) is 31.5. The van der Waals surface area contributed by atoms with Crippen molar-refractivity contribution >= 4 is 46.2 Å². The number of hydrogen-bond acceptors (Lipinski definition) is 8. The second-order valence-corrected chi connectivity index (χ2v) is 15.3. The highest BCUT2D eigenvalue weighted by atomic mass is 32.1. The molecular weight excluding hydrogens is 647 g/mol. The predicted octanol–water partition coefficient (Wildman–Crippen LogP) is 8.98. The molecule has 2 aromatic rings. The SMILES string of the molecule is CCCCC(CC)CN(CC(CC)CCCC)c1nc(-c2ccccc2)c(/C=C2\C(=O)N(N(C(C)=O)C(=O)C(C)(C)C)C(=O)C(C#N)=C2C)s1. The van der Waals surface area contributed by atoms with Crippen molar-refractivity contribution in [3.63, 3.8) is 0 Å². The summed E-state index contributed by atoms with van der Waals surface area (Å²) in [6.07, 6.45) is 10.7. The van der Waals surface area contributed by atoms with E-state index in [2.05, 4.69) is 32.6 Å². The van der Waals surface area contributed by atoms with Gasteiger partial charge >= 0.3 is 0 Å². The number of rotatable bonds is 16. The molecule has 0 aliphatic carbocycles. The average molecular weight is 702 g/mol. The molecule has 10 heteroatoms. The zero-order chi connectivity index (χ0) is 37.2. The van der Waals surface area contributed by atoms with Crippen LogP contribution < -0.4 is 4.90 Å². The first-order chi connectivity index (χ1) is 23.7. The summed E-state index contributed by atoms with van der Waals surface area (Å²) in [7, 11) is 0. The van der Waals surface area contributed by atoms with Crippen molar-refractivity contribution in [1.82, 2.24) is 15.0 Å². The van der Waals surface area contributed by atoms with Gasteiger partial charge in [-0.1, -0.05) is 129 Å². The lowest BCUT2D eigenvalue weighted by atomic mass is 9.93. The third-order valence-electron chi connectivity index (χ3n) is 9.33. The van der Waals surface area contributed by atoms with Gasteiger partial charge in [0.05, 0.1) is 10.6 Å². The van der Waals surface area contributed by atoms with Gasteiger partial charge in [0.25, 0.3) is 17.7 Å². The number of hydrogen-bond donors (Lipinski definition) is 0. The number of carbonyl (C=O) groups excluding carboxylic acids is 4. The van der Waals surface area contributed by atoms with E-state index in [1.165, 1.54) is 24.2 Å². The summed E-state index contributed by atoms with van der Waals surface area (Å²) in [5.74, 6) is -2.37. The second-order valence-electron chi connectivity index (χ2n) is 14.3. The van der Waals surface area contributed by atoms with E-state index in [1.54, 1.807) is 33.8 Å². The number of nitrogens with zero attached hydrogens (tertiary/aromatic N) is 5. The molecule has 1 aromatic carbocycles. The number of carbonyl (C=O) groups is 4. The molecule has 3 rings (SSSR count). The first kappa shape index (κ1) is 40.3. The fourth-order valence-electron chi connectivity index (χ4n) is 6.12. The Bertz CT molecular complexity index is 1610. The first-order valence-electron chi connectivity index (χ1n) is 18.1. The lowest BCUT2D eigenvalue weighted by Gasteiger charge is -2.37. The highest BCUT2D eigenvalue weighted by Gasteiger charge is 2.45. The van der Waals surface area contributed by atoms with Gasteiger partial charge in [0.15, 0.2) is 5.13 Å². The minimum atomic E-state index is -1.09. The van der Waals surface area contributed by atoms with Crippen LogP contribution in [0.3, 0.4) is 0 Å². The summed E-state index contributed by atoms with van der Waals surface area (Å²) in [5.41, 5.74) is 0.396. The molecule has 0 bridgehead atoms. The van der Waals surface area contributed by atoms with Crippen molar-refractivity contribution in [3.8, 4) is 17.3 Å². The van der Waals surface area contributed by atoms with Crippen LogP contribution in [0.4, 0.5) is 5.13 Å². The van der Waals surface area contributed by atoms with Gasteiger partial charge in [-0.15, -0.1) is 0 Å². The summed E-state index contributed by atoms with van der Waals surface area (Å²) in [6, 6.07) is 11.7. The fourth-order valence-corrected chi connectivity index (χ4v) is 7.17. The summed E-state index contributed by atoms with van der Waals surface area (Å²) >= 11 is 1.48. The molecule has 1 aromatic heterocycles. The van der Waals surface area contributed by atoms with Gasteiger partial charge in [0.1, 0.15) is 11.6 Å². The Kier molecular flexibility index (Phi) is 14.7. The Hall–Kier alpha value is -4.10. The van der Waals surface area contributed by atoms with E-state index in [1.807, 2.05) is 36.4 Å². The maximum Gasteiger partial charge on any atom is 0.291 e. The van der Waals surface area contributed by atoms with E-state index < -0.39 is 29.0 Å². The molecule has 2 unspecified atom stereocenters. The number of amides is 4. The molecule has 0 saturated carbocycles. The normalized spacial score (nSPS) is 15.7. The number of anilines is 1. The third kappa shape index (κ3) is 9.57. The maximum absolute atomic E-state index is 14.3. The van der Waals surface area contributed by atoms with Crippen LogP contribution >= 0.6 is 11.3 Å². The van der Waals surface area contributed by atoms with E-state index in [4.69, 9.17) is 4.98 Å². The molecule has 0 spiro atoms. The van der Waals surface area contributed by atoms with Crippen molar-refractivity contribution in [3.05, 3.63) is 51.9 Å². The standard InChI is InChI=1S/C40H55N5O4S/c1-10-14-19-29(12-3)25-43(26-30(13-4)20-15-11-2)39-42-35(31-21-17-16-18-22-31)34(50-39)23-32-27(5)33(24-41)37(48)45(36(32)47)44(28(6)46)38(49)40(7,8)9/h16-18,21-23,29-30H,10-15,19-20,25-26H2,1-9H3/b32-23-. The van der Waals surface area contributed by atoms with Crippen molar-refractivity contribution in [2.45, 2.75) is 114 Å². The number of imide groups is 2. The molecule has 270 valence electrons. The number of aromatic nitrogens is 1. The molecule has 1 aliphatic heterocycles. The maximum atomic E-state index is 14.3. The Morgan fingerprint density at radius 1 is 0.960 bits per heavy atom. The average Bonchev–Trinajstić information content (AvgIpc) is 3.51. The molecule has 0 radical (unpaired) electrons. The van der Waals surface area contributed by atoms with Gasteiger partial charge in [-0.3, -0.25) is 19.2 Å². The number of benzene rings is 1. The van der Waals surface area contributed by atoms with E-state index >= 15 is 0 Å². The molecule has 50 heavy (non-hydrogen) atoms. The van der Waals surface area contributed by atoms with Gasteiger partial charge in [0.2, 0.25) is 5.91 Å². The molecule has 1 aliphatic rings. The van der Waals surface area contributed by atoms with Crippen LogP contribution in [0.15, 0.2) is 47.1 Å². The summed E-state index contributed by atoms with van der Waals surface area (Å²) < 4.78 is 0. The van der Waals surface area contributed by atoms with Crippen LogP contribution in [0.5, 0.6) is 0 Å². The monoisotopic (exact) mass is 701 g/mol.